The van der Waals surface area contributed by atoms with Crippen molar-refractivity contribution < 1.29 is 4.74 Å². The fourth-order valence-corrected chi connectivity index (χ4v) is 2.07. The van der Waals surface area contributed by atoms with E-state index in [-0.39, 0.29) is 5.54 Å². The van der Waals surface area contributed by atoms with Gasteiger partial charge in [-0.25, -0.2) is 9.97 Å². The fraction of sp³-hybridized carbons (Fsp3) is 0.455. The summed E-state index contributed by atoms with van der Waals surface area (Å²) in [5, 5.41) is 1.13. The van der Waals surface area contributed by atoms with Crippen molar-refractivity contribution in [1.29, 1.82) is 0 Å². The summed E-state index contributed by atoms with van der Waals surface area (Å²) in [5.74, 6) is 0. The average molecular weight is 203 g/mol. The highest BCUT2D eigenvalue weighted by Crippen LogP contribution is 2.30. The second kappa shape index (κ2) is 2.79. The summed E-state index contributed by atoms with van der Waals surface area (Å²) in [5.41, 5.74) is 2.30. The van der Waals surface area contributed by atoms with Gasteiger partial charge < -0.3 is 9.30 Å². The molecule has 1 saturated heterocycles. The van der Waals surface area contributed by atoms with Crippen molar-refractivity contribution in [3.63, 3.8) is 0 Å². The zero-order chi connectivity index (χ0) is 10.5. The highest BCUT2D eigenvalue weighted by molar-refractivity contribution is 5.79. The summed E-state index contributed by atoms with van der Waals surface area (Å²) in [6.45, 7) is 5.81. The van der Waals surface area contributed by atoms with E-state index >= 15 is 0 Å². The average Bonchev–Trinajstić information content (AvgIpc) is 2.54. The third-order valence-corrected chi connectivity index (χ3v) is 3.07. The molecule has 0 spiro atoms. The molecule has 1 aliphatic heterocycles. The fourth-order valence-electron chi connectivity index (χ4n) is 2.07. The lowest BCUT2D eigenvalue weighted by Crippen LogP contribution is -2.48. The standard InChI is InChI=1S/C11H13N3O/c1-8-4-14(11(2)5-15-6-11)10-9(8)3-12-7-13-10/h3-4,7H,5-6H2,1-2H3. The van der Waals surface area contributed by atoms with Gasteiger partial charge in [0.1, 0.15) is 12.0 Å². The first-order valence-corrected chi connectivity index (χ1v) is 5.07. The van der Waals surface area contributed by atoms with E-state index in [4.69, 9.17) is 4.74 Å². The lowest BCUT2D eigenvalue weighted by Gasteiger charge is -2.39. The third kappa shape index (κ3) is 1.11. The molecular weight excluding hydrogens is 190 g/mol. The van der Waals surface area contributed by atoms with E-state index in [9.17, 15) is 0 Å². The summed E-state index contributed by atoms with van der Waals surface area (Å²) in [4.78, 5) is 8.40. The van der Waals surface area contributed by atoms with Gasteiger partial charge in [-0.05, 0) is 19.4 Å². The number of nitrogens with zero attached hydrogens (tertiary/aromatic N) is 3. The molecule has 0 amide bonds. The quantitative estimate of drug-likeness (QED) is 0.705. The van der Waals surface area contributed by atoms with Crippen molar-refractivity contribution in [2.75, 3.05) is 13.2 Å². The van der Waals surface area contributed by atoms with E-state index in [0.29, 0.717) is 0 Å². The first-order valence-electron chi connectivity index (χ1n) is 5.07. The van der Waals surface area contributed by atoms with Crippen LogP contribution in [0.3, 0.4) is 0 Å². The summed E-state index contributed by atoms with van der Waals surface area (Å²) < 4.78 is 7.50. The molecule has 0 radical (unpaired) electrons. The van der Waals surface area contributed by atoms with E-state index in [1.165, 1.54) is 5.56 Å². The number of hydrogen-bond acceptors (Lipinski definition) is 3. The number of rotatable bonds is 1. The van der Waals surface area contributed by atoms with Gasteiger partial charge in [0.05, 0.1) is 18.8 Å². The van der Waals surface area contributed by atoms with Crippen LogP contribution in [0.2, 0.25) is 0 Å². The molecule has 0 N–H and O–H groups in total. The maximum absolute atomic E-state index is 5.29. The van der Waals surface area contributed by atoms with E-state index in [1.54, 1.807) is 6.33 Å². The number of aromatic nitrogens is 3. The Morgan fingerprint density at radius 3 is 2.93 bits per heavy atom. The highest BCUT2D eigenvalue weighted by Gasteiger charge is 2.36. The maximum Gasteiger partial charge on any atom is 0.144 e. The molecule has 1 aliphatic rings. The monoisotopic (exact) mass is 203 g/mol. The molecule has 0 atom stereocenters. The molecule has 0 aliphatic carbocycles. The Bertz CT molecular complexity index is 514. The minimum atomic E-state index is 0.0703. The SMILES string of the molecule is Cc1cn(C2(C)COC2)c2ncncc12. The summed E-state index contributed by atoms with van der Waals surface area (Å²) in [6.07, 6.45) is 5.61. The predicted octanol–water partition coefficient (Wildman–Crippen LogP) is 1.49. The van der Waals surface area contributed by atoms with Crippen molar-refractivity contribution in [1.82, 2.24) is 14.5 Å². The van der Waals surface area contributed by atoms with Crippen LogP contribution in [0.1, 0.15) is 12.5 Å². The van der Waals surface area contributed by atoms with Gasteiger partial charge in [0.2, 0.25) is 0 Å². The highest BCUT2D eigenvalue weighted by atomic mass is 16.5. The molecule has 0 aromatic carbocycles. The first kappa shape index (κ1) is 8.85. The molecular formula is C11H13N3O. The molecule has 0 saturated carbocycles. The van der Waals surface area contributed by atoms with Crippen LogP contribution < -0.4 is 0 Å². The Morgan fingerprint density at radius 2 is 2.27 bits per heavy atom. The minimum absolute atomic E-state index is 0.0703. The van der Waals surface area contributed by atoms with Crippen LogP contribution in [0.5, 0.6) is 0 Å². The zero-order valence-corrected chi connectivity index (χ0v) is 8.90. The summed E-state index contributed by atoms with van der Waals surface area (Å²) in [7, 11) is 0. The lowest BCUT2D eigenvalue weighted by atomic mass is 10.0. The Balaban J connectivity index is 2.27. The largest absolute Gasteiger partial charge is 0.376 e. The summed E-state index contributed by atoms with van der Waals surface area (Å²) >= 11 is 0. The number of hydrogen-bond donors (Lipinski definition) is 0. The second-order valence-electron chi connectivity index (χ2n) is 4.43. The molecule has 3 heterocycles. The van der Waals surface area contributed by atoms with Crippen LogP contribution in [-0.2, 0) is 10.3 Å². The number of fused-ring (bicyclic) bond motifs is 1. The minimum Gasteiger partial charge on any atom is -0.376 e. The van der Waals surface area contributed by atoms with Crippen LogP contribution in [0.25, 0.3) is 11.0 Å². The molecule has 0 unspecified atom stereocenters. The molecule has 2 aromatic rings. The van der Waals surface area contributed by atoms with Crippen molar-refractivity contribution in [3.8, 4) is 0 Å². The van der Waals surface area contributed by atoms with Crippen molar-refractivity contribution >= 4 is 11.0 Å². The van der Waals surface area contributed by atoms with E-state index in [0.717, 1.165) is 24.2 Å². The van der Waals surface area contributed by atoms with Gasteiger partial charge in [-0.3, -0.25) is 0 Å². The van der Waals surface area contributed by atoms with Gasteiger partial charge in [-0.2, -0.15) is 0 Å². The normalized spacial score (nSPS) is 19.1. The topological polar surface area (TPSA) is 39.9 Å². The zero-order valence-electron chi connectivity index (χ0n) is 8.90. The van der Waals surface area contributed by atoms with Crippen LogP contribution in [-0.4, -0.2) is 27.7 Å². The number of aryl methyl sites for hydroxylation is 1. The Labute approximate surface area is 87.9 Å². The molecule has 78 valence electrons. The third-order valence-electron chi connectivity index (χ3n) is 3.07. The Hall–Kier alpha value is -1.42. The van der Waals surface area contributed by atoms with Crippen molar-refractivity contribution in [2.24, 2.45) is 0 Å². The van der Waals surface area contributed by atoms with E-state index < -0.39 is 0 Å². The smallest absolute Gasteiger partial charge is 0.144 e. The van der Waals surface area contributed by atoms with Crippen LogP contribution in [0.15, 0.2) is 18.7 Å². The first-order chi connectivity index (χ1) is 7.21. The lowest BCUT2D eigenvalue weighted by molar-refractivity contribution is -0.0877. The number of ether oxygens (including phenoxy) is 1. The van der Waals surface area contributed by atoms with Gasteiger partial charge >= 0.3 is 0 Å². The van der Waals surface area contributed by atoms with Gasteiger partial charge in [-0.1, -0.05) is 0 Å². The summed E-state index contributed by atoms with van der Waals surface area (Å²) in [6, 6.07) is 0. The molecule has 4 heteroatoms. The van der Waals surface area contributed by atoms with Crippen LogP contribution in [0, 0.1) is 6.92 Å². The van der Waals surface area contributed by atoms with Crippen molar-refractivity contribution in [2.45, 2.75) is 19.4 Å². The van der Waals surface area contributed by atoms with Crippen molar-refractivity contribution in [3.05, 3.63) is 24.3 Å². The van der Waals surface area contributed by atoms with E-state index in [1.807, 2.05) is 6.20 Å². The predicted molar refractivity (Wildman–Crippen MR) is 56.7 cm³/mol. The second-order valence-corrected chi connectivity index (χ2v) is 4.43. The molecule has 4 nitrogen and oxygen atoms in total. The molecule has 15 heavy (non-hydrogen) atoms. The van der Waals surface area contributed by atoms with Crippen LogP contribution >= 0.6 is 0 Å². The molecule has 2 aromatic heterocycles. The van der Waals surface area contributed by atoms with Gasteiger partial charge in [0.25, 0.3) is 0 Å². The maximum atomic E-state index is 5.29. The van der Waals surface area contributed by atoms with Gasteiger partial charge in [-0.15, -0.1) is 0 Å². The Morgan fingerprint density at radius 1 is 1.47 bits per heavy atom. The Kier molecular flexibility index (Phi) is 1.65. The van der Waals surface area contributed by atoms with Crippen LogP contribution in [0.4, 0.5) is 0 Å². The molecule has 0 bridgehead atoms. The van der Waals surface area contributed by atoms with E-state index in [2.05, 4.69) is 34.6 Å². The molecule has 1 fully saturated rings. The molecule has 3 rings (SSSR count). The van der Waals surface area contributed by atoms with Gasteiger partial charge in [0, 0.05) is 17.8 Å². The van der Waals surface area contributed by atoms with Gasteiger partial charge in [0.15, 0.2) is 0 Å².